The maximum absolute atomic E-state index is 12.8. The number of fused-ring (bicyclic) bond motifs is 1. The number of thiophene rings is 1. The van der Waals surface area contributed by atoms with E-state index in [9.17, 15) is 4.79 Å². The molecular formula is C21H26N2OS. The molecule has 1 unspecified atom stereocenters. The van der Waals surface area contributed by atoms with Crippen LogP contribution in [0.15, 0.2) is 41.8 Å². The third-order valence-corrected chi connectivity index (χ3v) is 6.44. The molecule has 0 radical (unpaired) electrons. The summed E-state index contributed by atoms with van der Waals surface area (Å²) in [5, 5.41) is 2.14. The van der Waals surface area contributed by atoms with Crippen LogP contribution in [-0.2, 0) is 17.8 Å². The topological polar surface area (TPSA) is 23.6 Å². The molecule has 1 aliphatic carbocycles. The molecule has 0 saturated carbocycles. The van der Waals surface area contributed by atoms with Crippen LogP contribution in [0.4, 0.5) is 0 Å². The van der Waals surface area contributed by atoms with Crippen LogP contribution in [0.5, 0.6) is 0 Å². The first-order valence-electron chi connectivity index (χ1n) is 9.40. The molecule has 0 spiro atoms. The second-order valence-corrected chi connectivity index (χ2v) is 8.26. The first-order chi connectivity index (χ1) is 12.3. The molecule has 1 fully saturated rings. The van der Waals surface area contributed by atoms with Gasteiger partial charge in [0, 0.05) is 44.0 Å². The average Bonchev–Trinajstić information content (AvgIpc) is 3.21. The van der Waals surface area contributed by atoms with Crippen LogP contribution < -0.4 is 0 Å². The van der Waals surface area contributed by atoms with Crippen LogP contribution in [-0.4, -0.2) is 41.9 Å². The van der Waals surface area contributed by atoms with Gasteiger partial charge in [-0.1, -0.05) is 30.3 Å². The third kappa shape index (κ3) is 3.96. The van der Waals surface area contributed by atoms with E-state index in [2.05, 4.69) is 51.6 Å². The Bertz CT molecular complexity index is 712. The van der Waals surface area contributed by atoms with Gasteiger partial charge in [-0.3, -0.25) is 9.69 Å². The highest BCUT2D eigenvalue weighted by atomic mass is 32.1. The molecule has 4 heteroatoms. The zero-order chi connectivity index (χ0) is 17.1. The molecule has 1 aromatic heterocycles. The lowest BCUT2D eigenvalue weighted by Gasteiger charge is -2.23. The van der Waals surface area contributed by atoms with E-state index in [4.69, 9.17) is 0 Å². The number of aryl methyl sites for hydroxylation is 1. The molecule has 2 aliphatic rings. The predicted molar refractivity (Wildman–Crippen MR) is 103 cm³/mol. The first-order valence-corrected chi connectivity index (χ1v) is 10.3. The minimum absolute atomic E-state index is 0.347. The van der Waals surface area contributed by atoms with Crippen molar-refractivity contribution in [2.75, 3.05) is 26.2 Å². The maximum Gasteiger partial charge on any atom is 0.223 e. The summed E-state index contributed by atoms with van der Waals surface area (Å²) in [5.41, 5.74) is 2.85. The molecule has 4 rings (SSSR count). The highest BCUT2D eigenvalue weighted by molar-refractivity contribution is 7.09. The molecule has 1 aliphatic heterocycles. The van der Waals surface area contributed by atoms with Gasteiger partial charge in [0.05, 0.1) is 0 Å². The summed E-state index contributed by atoms with van der Waals surface area (Å²) in [6, 6.07) is 13.0. The summed E-state index contributed by atoms with van der Waals surface area (Å²) in [5.74, 6) is 0.772. The lowest BCUT2D eigenvalue weighted by molar-refractivity contribution is -0.131. The average molecular weight is 355 g/mol. The van der Waals surface area contributed by atoms with E-state index in [1.54, 1.807) is 0 Å². The van der Waals surface area contributed by atoms with Gasteiger partial charge in [-0.05, 0) is 47.8 Å². The van der Waals surface area contributed by atoms with Crippen molar-refractivity contribution in [2.45, 2.75) is 38.1 Å². The molecule has 1 saturated heterocycles. The summed E-state index contributed by atoms with van der Waals surface area (Å²) in [6.07, 6.45) is 4.02. The number of nitrogens with zero attached hydrogens (tertiary/aromatic N) is 2. The Labute approximate surface area is 154 Å². The van der Waals surface area contributed by atoms with Crippen molar-refractivity contribution >= 4 is 17.2 Å². The molecule has 0 bridgehead atoms. The number of carbonyl (C=O) groups is 1. The minimum atomic E-state index is 0.347. The van der Waals surface area contributed by atoms with Gasteiger partial charge in [0.15, 0.2) is 0 Å². The van der Waals surface area contributed by atoms with Crippen LogP contribution in [0.2, 0.25) is 0 Å². The van der Waals surface area contributed by atoms with Crippen molar-refractivity contribution in [3.05, 3.63) is 57.8 Å². The zero-order valence-electron chi connectivity index (χ0n) is 14.7. The Hall–Kier alpha value is -1.65. The van der Waals surface area contributed by atoms with Gasteiger partial charge in [0.1, 0.15) is 0 Å². The van der Waals surface area contributed by atoms with Gasteiger partial charge >= 0.3 is 0 Å². The Kier molecular flexibility index (Phi) is 5.18. The molecule has 1 aromatic carbocycles. The SMILES string of the molecule is O=C(CC1CCc2ccccc21)N1CCCN(Cc2cccs2)CC1. The van der Waals surface area contributed by atoms with E-state index >= 15 is 0 Å². The molecule has 1 atom stereocenters. The Morgan fingerprint density at radius 2 is 2.00 bits per heavy atom. The maximum atomic E-state index is 12.8. The second-order valence-electron chi connectivity index (χ2n) is 7.23. The molecule has 1 amide bonds. The quantitative estimate of drug-likeness (QED) is 0.831. The van der Waals surface area contributed by atoms with Crippen molar-refractivity contribution < 1.29 is 4.79 Å². The predicted octanol–water partition coefficient (Wildman–Crippen LogP) is 3.90. The molecule has 2 aromatic rings. The first kappa shape index (κ1) is 16.8. The van der Waals surface area contributed by atoms with E-state index in [1.807, 2.05) is 11.3 Å². The number of hydrogen-bond acceptors (Lipinski definition) is 3. The third-order valence-electron chi connectivity index (χ3n) is 5.58. The van der Waals surface area contributed by atoms with Crippen LogP contribution in [0, 0.1) is 0 Å². The fraction of sp³-hybridized carbons (Fsp3) is 0.476. The summed E-state index contributed by atoms with van der Waals surface area (Å²) in [4.78, 5) is 18.9. The van der Waals surface area contributed by atoms with Crippen LogP contribution in [0.1, 0.15) is 41.2 Å². The molecule has 3 nitrogen and oxygen atoms in total. The molecule has 2 heterocycles. The number of rotatable bonds is 4. The number of carbonyl (C=O) groups excluding carboxylic acids is 1. The van der Waals surface area contributed by atoms with E-state index in [0.29, 0.717) is 18.2 Å². The second kappa shape index (κ2) is 7.71. The lowest BCUT2D eigenvalue weighted by atomic mass is 9.97. The van der Waals surface area contributed by atoms with Crippen molar-refractivity contribution in [3.63, 3.8) is 0 Å². The molecular weight excluding hydrogens is 328 g/mol. The largest absolute Gasteiger partial charge is 0.341 e. The van der Waals surface area contributed by atoms with Crippen LogP contribution >= 0.6 is 11.3 Å². The van der Waals surface area contributed by atoms with Crippen molar-refractivity contribution in [3.8, 4) is 0 Å². The molecule has 0 N–H and O–H groups in total. The van der Waals surface area contributed by atoms with Crippen LogP contribution in [0.3, 0.4) is 0 Å². The summed E-state index contributed by atoms with van der Waals surface area (Å²) in [7, 11) is 0. The van der Waals surface area contributed by atoms with Crippen molar-refractivity contribution in [2.24, 2.45) is 0 Å². The van der Waals surface area contributed by atoms with E-state index in [-0.39, 0.29) is 0 Å². The number of benzene rings is 1. The summed E-state index contributed by atoms with van der Waals surface area (Å²) >= 11 is 1.82. The number of hydrogen-bond donors (Lipinski definition) is 0. The normalized spacial score (nSPS) is 21.1. The summed E-state index contributed by atoms with van der Waals surface area (Å²) < 4.78 is 0. The van der Waals surface area contributed by atoms with Crippen LogP contribution in [0.25, 0.3) is 0 Å². The Morgan fingerprint density at radius 1 is 1.08 bits per heavy atom. The van der Waals surface area contributed by atoms with Crippen molar-refractivity contribution in [1.82, 2.24) is 9.80 Å². The lowest BCUT2D eigenvalue weighted by Crippen LogP contribution is -2.35. The van der Waals surface area contributed by atoms with E-state index < -0.39 is 0 Å². The summed E-state index contributed by atoms with van der Waals surface area (Å²) in [6.45, 7) is 4.89. The Morgan fingerprint density at radius 3 is 2.88 bits per heavy atom. The standard InChI is InChI=1S/C21H26N2OS/c24-21(15-18-9-8-17-5-1-2-7-20(17)18)23-11-4-10-22(12-13-23)16-19-6-3-14-25-19/h1-3,5-7,14,18H,4,8-13,15-16H2. The highest BCUT2D eigenvalue weighted by Crippen LogP contribution is 2.35. The van der Waals surface area contributed by atoms with Gasteiger partial charge < -0.3 is 4.90 Å². The molecule has 25 heavy (non-hydrogen) atoms. The molecule has 132 valence electrons. The van der Waals surface area contributed by atoms with Gasteiger partial charge in [0.2, 0.25) is 5.91 Å². The fourth-order valence-corrected chi connectivity index (χ4v) is 4.94. The zero-order valence-corrected chi connectivity index (χ0v) is 15.5. The van der Waals surface area contributed by atoms with E-state index in [1.165, 1.54) is 16.0 Å². The monoisotopic (exact) mass is 354 g/mol. The Balaban J connectivity index is 1.32. The minimum Gasteiger partial charge on any atom is -0.341 e. The van der Waals surface area contributed by atoms with Gasteiger partial charge in [-0.25, -0.2) is 0 Å². The smallest absolute Gasteiger partial charge is 0.223 e. The highest BCUT2D eigenvalue weighted by Gasteiger charge is 2.27. The van der Waals surface area contributed by atoms with E-state index in [0.717, 1.165) is 52.0 Å². The number of amides is 1. The van der Waals surface area contributed by atoms with Gasteiger partial charge in [-0.2, -0.15) is 0 Å². The van der Waals surface area contributed by atoms with Gasteiger partial charge in [-0.15, -0.1) is 11.3 Å². The van der Waals surface area contributed by atoms with Crippen molar-refractivity contribution in [1.29, 1.82) is 0 Å². The van der Waals surface area contributed by atoms with Gasteiger partial charge in [0.25, 0.3) is 0 Å². The fourth-order valence-electron chi connectivity index (χ4n) is 4.20.